The van der Waals surface area contributed by atoms with E-state index in [1.165, 1.54) is 19.0 Å². The molecular weight excluding hydrogens is 262 g/mol. The summed E-state index contributed by atoms with van der Waals surface area (Å²) in [5, 5.41) is 3.20. The van der Waals surface area contributed by atoms with Crippen molar-refractivity contribution >= 4 is 15.7 Å². The van der Waals surface area contributed by atoms with Gasteiger partial charge in [0.15, 0.2) is 5.03 Å². The molecule has 0 saturated heterocycles. The van der Waals surface area contributed by atoms with Crippen molar-refractivity contribution in [2.75, 3.05) is 18.4 Å². The van der Waals surface area contributed by atoms with Gasteiger partial charge in [-0.05, 0) is 30.9 Å². The SMILES string of the molecule is CCCNc1cccnc1S(=O)(=O)NCCC1CC1. The van der Waals surface area contributed by atoms with Crippen LogP contribution in [0.1, 0.15) is 32.6 Å². The summed E-state index contributed by atoms with van der Waals surface area (Å²) >= 11 is 0. The molecule has 106 valence electrons. The van der Waals surface area contributed by atoms with Crippen LogP contribution in [0.25, 0.3) is 0 Å². The van der Waals surface area contributed by atoms with E-state index in [1.807, 2.05) is 6.92 Å². The molecule has 1 aliphatic rings. The second-order valence-electron chi connectivity index (χ2n) is 4.91. The minimum Gasteiger partial charge on any atom is -0.383 e. The molecule has 0 atom stereocenters. The summed E-state index contributed by atoms with van der Waals surface area (Å²) in [6.45, 7) is 3.26. The number of nitrogens with one attached hydrogen (secondary N) is 2. The Bertz CT molecular complexity index is 512. The Morgan fingerprint density at radius 2 is 2.16 bits per heavy atom. The lowest BCUT2D eigenvalue weighted by molar-refractivity contribution is 0.572. The summed E-state index contributed by atoms with van der Waals surface area (Å²) in [6, 6.07) is 3.49. The van der Waals surface area contributed by atoms with Crippen molar-refractivity contribution < 1.29 is 8.42 Å². The first-order chi connectivity index (χ1) is 9.13. The predicted molar refractivity (Wildman–Crippen MR) is 75.5 cm³/mol. The molecule has 1 aromatic heterocycles. The van der Waals surface area contributed by atoms with Crippen LogP contribution in [0.15, 0.2) is 23.4 Å². The van der Waals surface area contributed by atoms with Crippen molar-refractivity contribution in [3.8, 4) is 0 Å². The monoisotopic (exact) mass is 283 g/mol. The predicted octanol–water partition coefficient (Wildman–Crippen LogP) is 1.98. The maximum absolute atomic E-state index is 12.2. The average molecular weight is 283 g/mol. The summed E-state index contributed by atoms with van der Waals surface area (Å²) < 4.78 is 27.0. The fourth-order valence-corrected chi connectivity index (χ4v) is 3.02. The van der Waals surface area contributed by atoms with E-state index < -0.39 is 10.0 Å². The summed E-state index contributed by atoms with van der Waals surface area (Å²) in [5.74, 6) is 0.712. The molecule has 0 aromatic carbocycles. The third-order valence-corrected chi connectivity index (χ3v) is 4.55. The average Bonchev–Trinajstić information content (AvgIpc) is 3.20. The second-order valence-corrected chi connectivity index (χ2v) is 6.59. The van der Waals surface area contributed by atoms with Gasteiger partial charge >= 0.3 is 0 Å². The van der Waals surface area contributed by atoms with Crippen LogP contribution in [0.5, 0.6) is 0 Å². The molecule has 1 heterocycles. The molecular formula is C13H21N3O2S. The van der Waals surface area contributed by atoms with Crippen LogP contribution in [-0.2, 0) is 10.0 Å². The van der Waals surface area contributed by atoms with E-state index in [0.29, 0.717) is 18.2 Å². The minimum absolute atomic E-state index is 0.0965. The van der Waals surface area contributed by atoms with E-state index in [0.717, 1.165) is 19.4 Å². The lowest BCUT2D eigenvalue weighted by Crippen LogP contribution is -2.27. The maximum atomic E-state index is 12.2. The molecule has 1 saturated carbocycles. The van der Waals surface area contributed by atoms with Crippen molar-refractivity contribution in [2.45, 2.75) is 37.6 Å². The molecule has 6 heteroatoms. The number of aromatic nitrogens is 1. The number of hydrogen-bond donors (Lipinski definition) is 2. The number of sulfonamides is 1. The van der Waals surface area contributed by atoms with Gasteiger partial charge in [-0.3, -0.25) is 0 Å². The van der Waals surface area contributed by atoms with Gasteiger partial charge in [-0.1, -0.05) is 19.8 Å². The lowest BCUT2D eigenvalue weighted by atomic mass is 10.3. The summed E-state index contributed by atoms with van der Waals surface area (Å²) in [4.78, 5) is 4.00. The third-order valence-electron chi connectivity index (χ3n) is 3.13. The summed E-state index contributed by atoms with van der Waals surface area (Å²) in [7, 11) is -3.51. The highest BCUT2D eigenvalue weighted by atomic mass is 32.2. The highest BCUT2D eigenvalue weighted by molar-refractivity contribution is 7.89. The molecule has 2 N–H and O–H groups in total. The van der Waals surface area contributed by atoms with Crippen LogP contribution in [0.4, 0.5) is 5.69 Å². The highest BCUT2D eigenvalue weighted by Gasteiger charge is 2.23. The van der Waals surface area contributed by atoms with E-state index in [1.54, 1.807) is 12.1 Å². The first-order valence-electron chi connectivity index (χ1n) is 6.82. The Kier molecular flexibility index (Phi) is 4.76. The van der Waals surface area contributed by atoms with Crippen molar-refractivity contribution in [3.63, 3.8) is 0 Å². The molecule has 0 unspecified atom stereocenters. The Morgan fingerprint density at radius 3 is 2.84 bits per heavy atom. The zero-order valence-corrected chi connectivity index (χ0v) is 12.0. The first-order valence-corrected chi connectivity index (χ1v) is 8.30. The van der Waals surface area contributed by atoms with Gasteiger partial charge in [0, 0.05) is 19.3 Å². The van der Waals surface area contributed by atoms with Crippen LogP contribution in [0, 0.1) is 5.92 Å². The first kappa shape index (κ1) is 14.3. The summed E-state index contributed by atoms with van der Waals surface area (Å²) in [5.41, 5.74) is 0.572. The number of pyridine rings is 1. The third kappa shape index (κ3) is 4.18. The van der Waals surface area contributed by atoms with Gasteiger partial charge in [0.05, 0.1) is 5.69 Å². The van der Waals surface area contributed by atoms with Crippen molar-refractivity contribution in [1.82, 2.24) is 9.71 Å². The largest absolute Gasteiger partial charge is 0.383 e. The zero-order valence-electron chi connectivity index (χ0n) is 11.2. The number of anilines is 1. The van der Waals surface area contributed by atoms with Gasteiger partial charge in [-0.15, -0.1) is 0 Å². The highest BCUT2D eigenvalue weighted by Crippen LogP contribution is 2.31. The van der Waals surface area contributed by atoms with Gasteiger partial charge in [-0.2, -0.15) is 0 Å². The molecule has 0 radical (unpaired) electrons. The Hall–Kier alpha value is -1.14. The van der Waals surface area contributed by atoms with Gasteiger partial charge in [0.2, 0.25) is 0 Å². The molecule has 0 amide bonds. The topological polar surface area (TPSA) is 71.1 Å². The van der Waals surface area contributed by atoms with E-state index in [4.69, 9.17) is 0 Å². The number of hydrogen-bond acceptors (Lipinski definition) is 4. The van der Waals surface area contributed by atoms with Gasteiger partial charge in [-0.25, -0.2) is 18.1 Å². The smallest absolute Gasteiger partial charge is 0.260 e. The molecule has 19 heavy (non-hydrogen) atoms. The van der Waals surface area contributed by atoms with Gasteiger partial charge in [0.25, 0.3) is 10.0 Å². The van der Waals surface area contributed by atoms with Gasteiger partial charge in [0.1, 0.15) is 0 Å². The quantitative estimate of drug-likeness (QED) is 0.765. The minimum atomic E-state index is -3.51. The number of nitrogens with zero attached hydrogens (tertiary/aromatic N) is 1. The molecule has 1 aromatic rings. The van der Waals surface area contributed by atoms with Crippen molar-refractivity contribution in [2.24, 2.45) is 5.92 Å². The summed E-state index contributed by atoms with van der Waals surface area (Å²) in [6.07, 6.45) is 5.82. The van der Waals surface area contributed by atoms with Crippen LogP contribution in [0.3, 0.4) is 0 Å². The fourth-order valence-electron chi connectivity index (χ4n) is 1.87. The molecule has 0 bridgehead atoms. The van der Waals surface area contributed by atoms with E-state index in [9.17, 15) is 8.42 Å². The second kappa shape index (κ2) is 6.34. The van der Waals surface area contributed by atoms with Crippen LogP contribution < -0.4 is 10.0 Å². The lowest BCUT2D eigenvalue weighted by Gasteiger charge is -2.11. The van der Waals surface area contributed by atoms with Crippen molar-refractivity contribution in [3.05, 3.63) is 18.3 Å². The zero-order chi connectivity index (χ0) is 13.7. The number of rotatable bonds is 8. The van der Waals surface area contributed by atoms with Crippen molar-refractivity contribution in [1.29, 1.82) is 0 Å². The molecule has 1 fully saturated rings. The van der Waals surface area contributed by atoms with Crippen LogP contribution >= 0.6 is 0 Å². The van der Waals surface area contributed by atoms with Gasteiger partial charge < -0.3 is 5.32 Å². The molecule has 1 aliphatic carbocycles. The fraction of sp³-hybridized carbons (Fsp3) is 0.615. The molecule has 2 rings (SSSR count). The standard InChI is InChI=1S/C13H21N3O2S/c1-2-8-14-12-4-3-9-15-13(12)19(17,18)16-10-7-11-5-6-11/h3-4,9,11,14,16H,2,5-8,10H2,1H3. The van der Waals surface area contributed by atoms with Crippen LogP contribution in [-0.4, -0.2) is 26.5 Å². The normalized spacial score (nSPS) is 15.4. The van der Waals surface area contributed by atoms with E-state index in [2.05, 4.69) is 15.0 Å². The van der Waals surface area contributed by atoms with Crippen LogP contribution in [0.2, 0.25) is 0 Å². The van der Waals surface area contributed by atoms with E-state index >= 15 is 0 Å². The molecule has 5 nitrogen and oxygen atoms in total. The molecule has 0 aliphatic heterocycles. The maximum Gasteiger partial charge on any atom is 0.260 e. The van der Waals surface area contributed by atoms with E-state index in [-0.39, 0.29) is 5.03 Å². The molecule has 0 spiro atoms. The Labute approximate surface area is 114 Å². The Morgan fingerprint density at radius 1 is 1.37 bits per heavy atom. The Balaban J connectivity index is 2.04.